The monoisotopic (exact) mass is 243 g/mol. The molecular formula is C12H15F2NO2. The molecule has 1 aliphatic carbocycles. The highest BCUT2D eigenvalue weighted by atomic mass is 19.3. The van der Waals surface area contributed by atoms with Crippen molar-refractivity contribution in [3.05, 3.63) is 23.8 Å². The van der Waals surface area contributed by atoms with Crippen LogP contribution in [0.1, 0.15) is 31.2 Å². The topological polar surface area (TPSA) is 66.5 Å². The number of halogens is 2. The van der Waals surface area contributed by atoms with E-state index in [1.54, 1.807) is 0 Å². The number of benzene rings is 1. The van der Waals surface area contributed by atoms with Crippen LogP contribution in [0.4, 0.5) is 8.78 Å². The van der Waals surface area contributed by atoms with Crippen molar-refractivity contribution in [2.45, 2.75) is 37.1 Å². The van der Waals surface area contributed by atoms with E-state index in [-0.39, 0.29) is 37.2 Å². The average molecular weight is 243 g/mol. The van der Waals surface area contributed by atoms with Crippen LogP contribution in [0, 0.1) is 0 Å². The van der Waals surface area contributed by atoms with Crippen LogP contribution in [-0.2, 0) is 5.54 Å². The van der Waals surface area contributed by atoms with Crippen LogP contribution in [0.2, 0.25) is 0 Å². The van der Waals surface area contributed by atoms with Gasteiger partial charge in [-0.2, -0.15) is 0 Å². The highest BCUT2D eigenvalue weighted by Crippen LogP contribution is 2.45. The van der Waals surface area contributed by atoms with Crippen LogP contribution in [0.25, 0.3) is 0 Å². The van der Waals surface area contributed by atoms with Gasteiger partial charge in [-0.15, -0.1) is 0 Å². The van der Waals surface area contributed by atoms with Crippen molar-refractivity contribution in [3.63, 3.8) is 0 Å². The maximum Gasteiger partial charge on any atom is 0.248 e. The van der Waals surface area contributed by atoms with Gasteiger partial charge in [0.25, 0.3) is 0 Å². The van der Waals surface area contributed by atoms with E-state index < -0.39 is 11.5 Å². The molecule has 0 atom stereocenters. The van der Waals surface area contributed by atoms with Crippen molar-refractivity contribution >= 4 is 0 Å². The van der Waals surface area contributed by atoms with E-state index in [1.165, 1.54) is 18.2 Å². The molecule has 0 saturated heterocycles. The number of hydrogen-bond donors (Lipinski definition) is 3. The minimum Gasteiger partial charge on any atom is -0.508 e. The molecule has 1 aromatic rings. The number of phenolic OH excluding ortho intramolecular Hbond substituents is 2. The van der Waals surface area contributed by atoms with E-state index in [4.69, 9.17) is 5.73 Å². The molecular weight excluding hydrogens is 228 g/mol. The summed E-state index contributed by atoms with van der Waals surface area (Å²) in [5.41, 5.74) is 5.43. The normalized spacial score (nSPS) is 22.3. The van der Waals surface area contributed by atoms with Gasteiger partial charge in [-0.25, -0.2) is 8.78 Å². The summed E-state index contributed by atoms with van der Waals surface area (Å²) in [4.78, 5) is 0. The SMILES string of the molecule is NC1(c2cc(O)ccc2O)CCC(F)(F)CC1. The quantitative estimate of drug-likeness (QED) is 0.664. The first-order valence-electron chi connectivity index (χ1n) is 5.52. The van der Waals surface area contributed by atoms with E-state index in [2.05, 4.69) is 0 Å². The number of alkyl halides is 2. The van der Waals surface area contributed by atoms with Crippen LogP contribution < -0.4 is 5.73 Å². The third-order valence-corrected chi connectivity index (χ3v) is 3.39. The molecule has 94 valence electrons. The van der Waals surface area contributed by atoms with Gasteiger partial charge in [-0.1, -0.05) is 0 Å². The van der Waals surface area contributed by atoms with Gasteiger partial charge in [0.05, 0.1) is 0 Å². The maximum absolute atomic E-state index is 13.1. The molecule has 5 heteroatoms. The van der Waals surface area contributed by atoms with E-state index >= 15 is 0 Å². The Morgan fingerprint density at radius 2 is 1.65 bits per heavy atom. The Balaban J connectivity index is 2.30. The molecule has 0 spiro atoms. The zero-order valence-corrected chi connectivity index (χ0v) is 9.29. The first-order valence-corrected chi connectivity index (χ1v) is 5.52. The number of phenols is 2. The highest BCUT2D eigenvalue weighted by molar-refractivity contribution is 5.43. The molecule has 0 aromatic heterocycles. The van der Waals surface area contributed by atoms with E-state index in [0.717, 1.165) is 0 Å². The van der Waals surface area contributed by atoms with Crippen molar-refractivity contribution in [2.75, 3.05) is 0 Å². The predicted octanol–water partition coefficient (Wildman–Crippen LogP) is 2.46. The summed E-state index contributed by atoms with van der Waals surface area (Å²) in [6.07, 6.45) is -0.398. The van der Waals surface area contributed by atoms with Gasteiger partial charge in [0.15, 0.2) is 0 Å². The van der Waals surface area contributed by atoms with Crippen molar-refractivity contribution in [3.8, 4) is 11.5 Å². The summed E-state index contributed by atoms with van der Waals surface area (Å²) in [5.74, 6) is -2.76. The molecule has 1 saturated carbocycles. The number of nitrogens with two attached hydrogens (primary N) is 1. The summed E-state index contributed by atoms with van der Waals surface area (Å²) in [7, 11) is 0. The van der Waals surface area contributed by atoms with Crippen molar-refractivity contribution < 1.29 is 19.0 Å². The predicted molar refractivity (Wildman–Crippen MR) is 59.1 cm³/mol. The molecule has 2 rings (SSSR count). The lowest BCUT2D eigenvalue weighted by atomic mass is 9.75. The van der Waals surface area contributed by atoms with E-state index in [1.807, 2.05) is 0 Å². The molecule has 0 amide bonds. The standard InChI is InChI=1S/C12H15F2NO2/c13-12(14)5-3-11(15,4-6-12)9-7-8(16)1-2-10(9)17/h1-2,7,16-17H,3-6,15H2. The van der Waals surface area contributed by atoms with E-state index in [0.29, 0.717) is 5.56 Å². The third-order valence-electron chi connectivity index (χ3n) is 3.39. The summed E-state index contributed by atoms with van der Waals surface area (Å²) in [6.45, 7) is 0. The Kier molecular flexibility index (Phi) is 2.73. The molecule has 1 fully saturated rings. The molecule has 17 heavy (non-hydrogen) atoms. The Morgan fingerprint density at radius 1 is 1.06 bits per heavy atom. The summed E-state index contributed by atoms with van der Waals surface area (Å²) < 4.78 is 26.2. The lowest BCUT2D eigenvalue weighted by Gasteiger charge is -2.37. The zero-order valence-electron chi connectivity index (χ0n) is 9.29. The molecule has 0 unspecified atom stereocenters. The van der Waals surface area contributed by atoms with Crippen molar-refractivity contribution in [1.29, 1.82) is 0 Å². The molecule has 0 radical (unpaired) electrons. The van der Waals surface area contributed by atoms with Crippen molar-refractivity contribution in [1.82, 2.24) is 0 Å². The Morgan fingerprint density at radius 3 is 2.24 bits per heavy atom. The zero-order chi connectivity index (χ0) is 12.7. The second kappa shape index (κ2) is 3.84. The fourth-order valence-corrected chi connectivity index (χ4v) is 2.25. The minimum absolute atomic E-state index is 0.0278. The van der Waals surface area contributed by atoms with Crippen molar-refractivity contribution in [2.24, 2.45) is 5.73 Å². The lowest BCUT2D eigenvalue weighted by molar-refractivity contribution is -0.0516. The Bertz CT molecular complexity index is 425. The number of rotatable bonds is 1. The van der Waals surface area contributed by atoms with Crippen LogP contribution >= 0.6 is 0 Å². The molecule has 3 nitrogen and oxygen atoms in total. The van der Waals surface area contributed by atoms with Gasteiger partial charge in [-0.05, 0) is 31.0 Å². The second-order valence-electron chi connectivity index (χ2n) is 4.71. The first kappa shape index (κ1) is 12.1. The van der Waals surface area contributed by atoms with Crippen LogP contribution in [0.15, 0.2) is 18.2 Å². The Labute approximate surface area is 97.9 Å². The first-order chi connectivity index (χ1) is 7.82. The molecule has 0 heterocycles. The second-order valence-corrected chi connectivity index (χ2v) is 4.71. The van der Waals surface area contributed by atoms with Gasteiger partial charge in [0.2, 0.25) is 5.92 Å². The lowest BCUT2D eigenvalue weighted by Crippen LogP contribution is -2.43. The summed E-state index contributed by atoms with van der Waals surface area (Å²) in [6, 6.07) is 4.00. The Hall–Kier alpha value is -1.36. The third kappa shape index (κ3) is 2.34. The summed E-state index contributed by atoms with van der Waals surface area (Å²) >= 11 is 0. The minimum atomic E-state index is -2.67. The molecule has 0 bridgehead atoms. The number of aromatic hydroxyl groups is 2. The number of hydrogen-bond acceptors (Lipinski definition) is 3. The van der Waals surface area contributed by atoms with Gasteiger partial charge in [0.1, 0.15) is 11.5 Å². The van der Waals surface area contributed by atoms with Gasteiger partial charge < -0.3 is 15.9 Å². The van der Waals surface area contributed by atoms with Gasteiger partial charge >= 0.3 is 0 Å². The molecule has 1 aliphatic rings. The smallest absolute Gasteiger partial charge is 0.248 e. The van der Waals surface area contributed by atoms with Gasteiger partial charge in [-0.3, -0.25) is 0 Å². The fourth-order valence-electron chi connectivity index (χ4n) is 2.25. The highest BCUT2D eigenvalue weighted by Gasteiger charge is 2.43. The molecule has 4 N–H and O–H groups in total. The van der Waals surface area contributed by atoms with E-state index in [9.17, 15) is 19.0 Å². The fraction of sp³-hybridized carbons (Fsp3) is 0.500. The largest absolute Gasteiger partial charge is 0.508 e. The molecule has 0 aliphatic heterocycles. The summed E-state index contributed by atoms with van der Waals surface area (Å²) in [5, 5.41) is 19.1. The van der Waals surface area contributed by atoms with Crippen LogP contribution in [0.5, 0.6) is 11.5 Å². The maximum atomic E-state index is 13.1. The van der Waals surface area contributed by atoms with Crippen LogP contribution in [-0.4, -0.2) is 16.1 Å². The van der Waals surface area contributed by atoms with Crippen LogP contribution in [0.3, 0.4) is 0 Å². The van der Waals surface area contributed by atoms with Gasteiger partial charge in [0, 0.05) is 23.9 Å². The molecule has 1 aromatic carbocycles. The average Bonchev–Trinajstić information content (AvgIpc) is 2.26.